The van der Waals surface area contributed by atoms with Crippen LogP contribution in [0, 0.1) is 18.2 Å². The maximum atomic E-state index is 15.2. The molecule has 6 rings (SSSR count). The lowest BCUT2D eigenvalue weighted by molar-refractivity contribution is -0.128. The third kappa shape index (κ3) is 4.52. The summed E-state index contributed by atoms with van der Waals surface area (Å²) in [6.07, 6.45) is 8.48. The molecule has 1 fully saturated rings. The third-order valence-electron chi connectivity index (χ3n) is 8.04. The highest BCUT2D eigenvalue weighted by Gasteiger charge is 2.44. The van der Waals surface area contributed by atoms with Crippen molar-refractivity contribution >= 4 is 45.8 Å². The average Bonchev–Trinajstić information content (AvgIpc) is 3.04. The smallest absolute Gasteiger partial charge is 0.283 e. The van der Waals surface area contributed by atoms with Gasteiger partial charge in [0.1, 0.15) is 23.3 Å². The normalized spacial score (nSPS) is 17.3. The fraction of sp³-hybridized carbons (Fsp3) is 0.242. The molecule has 2 amide bonds. The Kier molecular flexibility index (Phi) is 6.44. The van der Waals surface area contributed by atoms with Crippen molar-refractivity contribution in [2.75, 3.05) is 36.4 Å². The molecule has 10 nitrogen and oxygen atoms in total. The zero-order valence-electron chi connectivity index (χ0n) is 27.2. The van der Waals surface area contributed by atoms with Crippen LogP contribution in [-0.4, -0.2) is 69.0 Å². The predicted molar refractivity (Wildman–Crippen MR) is 171 cm³/mol. The van der Waals surface area contributed by atoms with E-state index in [1.165, 1.54) is 35.4 Å². The number of terminal acetylenes is 1. The lowest BCUT2D eigenvalue weighted by Gasteiger charge is -2.47. The van der Waals surface area contributed by atoms with Crippen LogP contribution < -0.4 is 15.4 Å². The Hall–Kier alpha value is -5.21. The Balaban J connectivity index is 1.82. The number of nitrogens with zero attached hydrogens (tertiary/aromatic N) is 6. The van der Waals surface area contributed by atoms with Crippen LogP contribution in [0.5, 0.6) is 5.75 Å². The highest BCUT2D eigenvalue weighted by Crippen LogP contribution is 2.44. The Morgan fingerprint density at radius 2 is 2.04 bits per heavy atom. The van der Waals surface area contributed by atoms with Gasteiger partial charge < -0.3 is 19.8 Å². The average molecular weight is 630 g/mol. The Morgan fingerprint density at radius 3 is 2.71 bits per heavy atom. The number of rotatable bonds is 4. The van der Waals surface area contributed by atoms with E-state index in [1.807, 2.05) is 13.8 Å². The zero-order chi connectivity index (χ0) is 34.8. The largest absolute Gasteiger partial charge is 0.507 e. The first-order valence-corrected chi connectivity index (χ1v) is 14.3. The van der Waals surface area contributed by atoms with Gasteiger partial charge in [-0.1, -0.05) is 44.0 Å². The number of benzene rings is 1. The molecule has 2 aliphatic heterocycles. The highest BCUT2D eigenvalue weighted by molar-refractivity contribution is 6.34. The van der Waals surface area contributed by atoms with Crippen LogP contribution in [0.25, 0.3) is 28.0 Å². The van der Waals surface area contributed by atoms with Crippen molar-refractivity contribution in [2.45, 2.75) is 25.8 Å². The van der Waals surface area contributed by atoms with Gasteiger partial charge in [0.2, 0.25) is 5.91 Å². The summed E-state index contributed by atoms with van der Waals surface area (Å²) in [5.41, 5.74) is -1.39. The van der Waals surface area contributed by atoms with Gasteiger partial charge >= 0.3 is 0 Å². The van der Waals surface area contributed by atoms with E-state index in [0.29, 0.717) is 10.6 Å². The molecule has 0 unspecified atom stereocenters. The number of phenolic OH excluding ortho intramolecular Hbond substituents is 1. The lowest BCUT2D eigenvalue weighted by Crippen LogP contribution is -2.63. The topological polar surface area (TPSA) is 112 Å². The second-order valence-corrected chi connectivity index (χ2v) is 11.3. The summed E-state index contributed by atoms with van der Waals surface area (Å²) in [7, 11) is 0. The Labute approximate surface area is 267 Å². The zero-order valence-corrected chi connectivity index (χ0v) is 25.0. The van der Waals surface area contributed by atoms with Crippen LogP contribution in [0.2, 0.25) is 5.02 Å². The van der Waals surface area contributed by atoms with E-state index >= 15 is 4.39 Å². The summed E-state index contributed by atoms with van der Waals surface area (Å²) in [6.45, 7) is 3.96. The van der Waals surface area contributed by atoms with Gasteiger partial charge in [-0.05, 0) is 36.3 Å². The van der Waals surface area contributed by atoms with Gasteiger partial charge in [0.05, 0.1) is 45.5 Å². The van der Waals surface area contributed by atoms with Gasteiger partial charge in [-0.3, -0.25) is 23.9 Å². The van der Waals surface area contributed by atoms with Gasteiger partial charge in [-0.25, -0.2) is 9.37 Å². The number of fused-ring (bicyclic) bond motifs is 5. The molecule has 5 heterocycles. The first-order valence-electron chi connectivity index (χ1n) is 15.5. The minimum atomic E-state index is -3.14. The molecule has 0 bridgehead atoms. The molecule has 1 aromatic carbocycles. The summed E-state index contributed by atoms with van der Waals surface area (Å²) < 4.78 is 41.5. The number of piperazine rings is 1. The number of hydrogen-bond acceptors (Lipinski definition) is 7. The number of likely N-dealkylation sites (N-methyl/N-ethyl adjacent to an activating group) is 1. The molecule has 228 valence electrons. The summed E-state index contributed by atoms with van der Waals surface area (Å²) in [5.74, 6) is -0.442. The Bertz CT molecular complexity index is 2140. The van der Waals surface area contributed by atoms with E-state index < -0.39 is 47.6 Å². The van der Waals surface area contributed by atoms with E-state index in [2.05, 4.69) is 22.5 Å². The van der Waals surface area contributed by atoms with Gasteiger partial charge in [0.25, 0.3) is 11.5 Å². The highest BCUT2D eigenvalue weighted by atomic mass is 35.5. The van der Waals surface area contributed by atoms with Gasteiger partial charge in [-0.15, -0.1) is 6.42 Å². The molecule has 0 aliphatic carbocycles. The van der Waals surface area contributed by atoms with Crippen molar-refractivity contribution in [3.8, 4) is 35.0 Å². The van der Waals surface area contributed by atoms with Crippen molar-refractivity contribution in [1.29, 1.82) is 0 Å². The molecule has 0 saturated carbocycles. The molecule has 12 heteroatoms. The minimum absolute atomic E-state index is 0.0313. The SMILES string of the molecule is [2H]C([2H])([2H])N1C(=O)[C@H]2CN(C(=O)C=C)CCN2c2c1c(=O)n(-c1c(C#C)ccnc1C(C)C)c1nc(-c3c(O)cccc3F)c(Cl)cc21. The fourth-order valence-corrected chi connectivity index (χ4v) is 6.22. The number of amides is 2. The number of aromatic hydroxyl groups is 1. The van der Waals surface area contributed by atoms with Gasteiger partial charge in [-0.2, -0.15) is 0 Å². The van der Waals surface area contributed by atoms with Gasteiger partial charge in [0.15, 0.2) is 5.65 Å². The molecular weight excluding hydrogens is 599 g/mol. The number of carbonyl (C=O) groups is 2. The van der Waals surface area contributed by atoms with Gasteiger partial charge in [0, 0.05) is 35.8 Å². The summed E-state index contributed by atoms with van der Waals surface area (Å²) in [4.78, 5) is 54.2. The van der Waals surface area contributed by atoms with Crippen LogP contribution in [0.4, 0.5) is 15.8 Å². The standard InChI is InChI=1S/C33H28ClFN6O4/c1-6-18-11-12-36-26(17(3)4)28(18)41-31-19(15-20(34)27(37-31)25-21(35)9-8-10-23(25)42)29-30(33(41)45)38(5)32(44)22-16-39(24(43)7-2)13-14-40(22)29/h1,7-12,15,17,22,42H,2,13-14,16H2,3-5H3/t22-/m1/s1/i5D3. The fourth-order valence-electron chi connectivity index (χ4n) is 5.97. The maximum absolute atomic E-state index is 15.2. The number of carbonyl (C=O) groups excluding carboxylic acids is 2. The van der Waals surface area contributed by atoms with Crippen LogP contribution >= 0.6 is 11.6 Å². The second kappa shape index (κ2) is 11.1. The van der Waals surface area contributed by atoms with E-state index in [0.717, 1.165) is 16.7 Å². The van der Waals surface area contributed by atoms with Crippen molar-refractivity contribution in [3.05, 3.63) is 81.6 Å². The third-order valence-corrected chi connectivity index (χ3v) is 8.33. The quantitative estimate of drug-likeness (QED) is 0.266. The van der Waals surface area contributed by atoms with Crippen molar-refractivity contribution in [1.82, 2.24) is 19.4 Å². The van der Waals surface area contributed by atoms with Crippen molar-refractivity contribution in [2.24, 2.45) is 0 Å². The van der Waals surface area contributed by atoms with Crippen LogP contribution in [0.1, 0.15) is 35.1 Å². The van der Waals surface area contributed by atoms with Crippen molar-refractivity contribution < 1.29 is 23.2 Å². The number of pyridine rings is 3. The van der Waals surface area contributed by atoms with Crippen LogP contribution in [-0.2, 0) is 9.59 Å². The van der Waals surface area contributed by atoms with Crippen LogP contribution in [0.3, 0.4) is 0 Å². The molecule has 1 saturated heterocycles. The summed E-state index contributed by atoms with van der Waals surface area (Å²) in [6, 6.07) is 5.35. The number of phenols is 1. The lowest BCUT2D eigenvalue weighted by atomic mass is 9.99. The number of halogens is 2. The van der Waals surface area contributed by atoms with Crippen molar-refractivity contribution in [3.63, 3.8) is 0 Å². The molecule has 2 aliphatic rings. The first-order chi connectivity index (χ1) is 22.7. The molecular formula is C33H28ClFN6O4. The van der Waals surface area contributed by atoms with E-state index in [4.69, 9.17) is 22.1 Å². The first kappa shape index (κ1) is 26.2. The molecule has 3 aromatic heterocycles. The number of aromatic nitrogens is 3. The monoisotopic (exact) mass is 629 g/mol. The van der Waals surface area contributed by atoms with E-state index in [9.17, 15) is 19.5 Å². The number of anilines is 2. The number of hydrogen-bond donors (Lipinski definition) is 1. The van der Waals surface area contributed by atoms with E-state index in [1.54, 1.807) is 4.90 Å². The molecule has 0 radical (unpaired) electrons. The molecule has 1 atom stereocenters. The summed E-state index contributed by atoms with van der Waals surface area (Å²) in [5, 5.41) is 10.7. The predicted octanol–water partition coefficient (Wildman–Crippen LogP) is 4.23. The molecule has 0 spiro atoms. The molecule has 4 aromatic rings. The minimum Gasteiger partial charge on any atom is -0.507 e. The van der Waals surface area contributed by atoms with Crippen LogP contribution in [0.15, 0.2) is 54.0 Å². The maximum Gasteiger partial charge on any atom is 0.283 e. The Morgan fingerprint density at radius 1 is 1.27 bits per heavy atom. The molecule has 1 N–H and O–H groups in total. The molecule has 45 heavy (non-hydrogen) atoms. The second-order valence-electron chi connectivity index (χ2n) is 10.9. The summed E-state index contributed by atoms with van der Waals surface area (Å²) >= 11 is 6.77. The van der Waals surface area contributed by atoms with E-state index in [-0.39, 0.29) is 69.8 Å².